The van der Waals surface area contributed by atoms with Crippen molar-refractivity contribution in [3.8, 4) is 0 Å². The van der Waals surface area contributed by atoms with Crippen molar-refractivity contribution in [1.82, 2.24) is 9.97 Å². The first kappa shape index (κ1) is 10.3. The topological polar surface area (TPSA) is 68.9 Å². The van der Waals surface area contributed by atoms with E-state index in [0.717, 1.165) is 5.56 Å². The highest BCUT2D eigenvalue weighted by Gasteiger charge is 2.22. The molecular weight excluding hydrogens is 202 g/mol. The number of carbonyl (C=O) groups excluding carboxylic acids is 1. The molecule has 0 aliphatic heterocycles. The van der Waals surface area contributed by atoms with Crippen LogP contribution in [0, 0.1) is 0 Å². The van der Waals surface area contributed by atoms with E-state index in [1.54, 1.807) is 18.5 Å². The fourth-order valence-electron chi connectivity index (χ4n) is 1.55. The molecule has 1 amide bonds. The normalized spacial score (nSPS) is 12.0. The summed E-state index contributed by atoms with van der Waals surface area (Å²) in [6.07, 6.45) is 3.20. The Morgan fingerprint density at radius 3 is 2.25 bits per heavy atom. The number of nitrogens with two attached hydrogens (primary N) is 1. The largest absolute Gasteiger partial charge is 0.369 e. The Balaban J connectivity index is 2.44. The highest BCUT2D eigenvalue weighted by atomic mass is 16.1. The van der Waals surface area contributed by atoms with Gasteiger partial charge >= 0.3 is 0 Å². The summed E-state index contributed by atoms with van der Waals surface area (Å²) < 4.78 is 0. The molecule has 4 nitrogen and oxygen atoms in total. The van der Waals surface area contributed by atoms with E-state index in [1.165, 1.54) is 0 Å². The number of primary amides is 1. The molecule has 0 spiro atoms. The zero-order chi connectivity index (χ0) is 11.4. The summed E-state index contributed by atoms with van der Waals surface area (Å²) in [5.74, 6) is -0.596. The van der Waals surface area contributed by atoms with E-state index in [2.05, 4.69) is 9.97 Å². The number of benzene rings is 1. The summed E-state index contributed by atoms with van der Waals surface area (Å²) in [4.78, 5) is 19.6. The minimum Gasteiger partial charge on any atom is -0.369 e. The summed E-state index contributed by atoms with van der Waals surface area (Å²) in [6.45, 7) is 0. The van der Waals surface area contributed by atoms with E-state index in [1.807, 2.05) is 30.3 Å². The molecule has 0 saturated heterocycles. The lowest BCUT2D eigenvalue weighted by Crippen LogP contribution is -2.24. The first-order valence-electron chi connectivity index (χ1n) is 4.90. The molecule has 1 atom stereocenters. The second-order valence-electron chi connectivity index (χ2n) is 3.35. The van der Waals surface area contributed by atoms with Crippen LogP contribution in [0.25, 0.3) is 0 Å². The molecule has 1 aromatic heterocycles. The monoisotopic (exact) mass is 213 g/mol. The quantitative estimate of drug-likeness (QED) is 0.829. The van der Waals surface area contributed by atoms with Gasteiger partial charge in [0, 0.05) is 12.4 Å². The third-order valence-corrected chi connectivity index (χ3v) is 2.26. The predicted octanol–water partition coefficient (Wildman–Crippen LogP) is 1.09. The first-order chi connectivity index (χ1) is 7.79. The van der Waals surface area contributed by atoms with Crippen molar-refractivity contribution in [3.05, 3.63) is 60.2 Å². The fraction of sp³-hybridized carbons (Fsp3) is 0.0833. The van der Waals surface area contributed by atoms with Gasteiger partial charge in [-0.1, -0.05) is 30.3 Å². The van der Waals surface area contributed by atoms with Crippen molar-refractivity contribution < 1.29 is 4.79 Å². The average Bonchev–Trinajstić information content (AvgIpc) is 2.31. The highest BCUT2D eigenvalue weighted by molar-refractivity contribution is 5.84. The minimum atomic E-state index is -0.581. The average molecular weight is 213 g/mol. The molecule has 80 valence electrons. The lowest BCUT2D eigenvalue weighted by atomic mass is 9.98. The lowest BCUT2D eigenvalue weighted by molar-refractivity contribution is -0.118. The lowest BCUT2D eigenvalue weighted by Gasteiger charge is -2.11. The number of carbonyl (C=O) groups is 1. The second-order valence-corrected chi connectivity index (χ2v) is 3.35. The van der Waals surface area contributed by atoms with Crippen molar-refractivity contribution in [3.63, 3.8) is 0 Å². The Kier molecular flexibility index (Phi) is 2.91. The standard InChI is InChI=1S/C12H11N3O/c13-11(16)10(9-5-2-1-3-6-9)12-14-7-4-8-15-12/h1-8,10H,(H2,13,16). The summed E-state index contributed by atoms with van der Waals surface area (Å²) in [5.41, 5.74) is 6.19. The molecular formula is C12H11N3O. The van der Waals surface area contributed by atoms with Crippen LogP contribution in [0.2, 0.25) is 0 Å². The molecule has 1 unspecified atom stereocenters. The number of aromatic nitrogens is 2. The molecule has 0 radical (unpaired) electrons. The Morgan fingerprint density at radius 2 is 1.69 bits per heavy atom. The van der Waals surface area contributed by atoms with Crippen LogP contribution in [0.3, 0.4) is 0 Å². The van der Waals surface area contributed by atoms with E-state index in [9.17, 15) is 4.79 Å². The van der Waals surface area contributed by atoms with Crippen molar-refractivity contribution in [2.75, 3.05) is 0 Å². The van der Waals surface area contributed by atoms with Gasteiger partial charge in [0.2, 0.25) is 5.91 Å². The van der Waals surface area contributed by atoms with Crippen LogP contribution in [0.15, 0.2) is 48.8 Å². The van der Waals surface area contributed by atoms with Gasteiger partial charge in [0.25, 0.3) is 0 Å². The Hall–Kier alpha value is -2.23. The van der Waals surface area contributed by atoms with Gasteiger partial charge in [-0.25, -0.2) is 9.97 Å². The van der Waals surface area contributed by atoms with E-state index in [4.69, 9.17) is 5.73 Å². The predicted molar refractivity (Wildman–Crippen MR) is 59.5 cm³/mol. The van der Waals surface area contributed by atoms with Crippen molar-refractivity contribution in [2.24, 2.45) is 5.73 Å². The second kappa shape index (κ2) is 4.53. The molecule has 0 fully saturated rings. The molecule has 2 aromatic rings. The van der Waals surface area contributed by atoms with Crippen LogP contribution in [0.5, 0.6) is 0 Å². The van der Waals surface area contributed by atoms with Gasteiger partial charge in [-0.2, -0.15) is 0 Å². The maximum absolute atomic E-state index is 11.4. The Bertz CT molecular complexity index is 431. The smallest absolute Gasteiger partial charge is 0.232 e. The molecule has 2 rings (SSSR count). The SMILES string of the molecule is NC(=O)C(c1ccccc1)c1ncccn1. The number of hydrogen-bond donors (Lipinski definition) is 1. The van der Waals surface area contributed by atoms with Gasteiger partial charge in [0.15, 0.2) is 0 Å². The van der Waals surface area contributed by atoms with Crippen LogP contribution < -0.4 is 5.73 Å². The first-order valence-corrected chi connectivity index (χ1v) is 4.90. The zero-order valence-electron chi connectivity index (χ0n) is 8.58. The summed E-state index contributed by atoms with van der Waals surface area (Å²) in [6, 6.07) is 11.0. The van der Waals surface area contributed by atoms with Gasteiger partial charge in [-0.3, -0.25) is 4.79 Å². The van der Waals surface area contributed by atoms with Crippen LogP contribution in [0.4, 0.5) is 0 Å². The molecule has 1 aromatic carbocycles. The van der Waals surface area contributed by atoms with Gasteiger partial charge in [0.05, 0.1) is 0 Å². The highest BCUT2D eigenvalue weighted by Crippen LogP contribution is 2.20. The molecule has 4 heteroatoms. The zero-order valence-corrected chi connectivity index (χ0v) is 8.58. The Labute approximate surface area is 93.2 Å². The van der Waals surface area contributed by atoms with Crippen molar-refractivity contribution in [1.29, 1.82) is 0 Å². The van der Waals surface area contributed by atoms with Gasteiger partial charge in [-0.05, 0) is 11.6 Å². The molecule has 16 heavy (non-hydrogen) atoms. The molecule has 0 bridgehead atoms. The van der Waals surface area contributed by atoms with E-state index >= 15 is 0 Å². The summed E-state index contributed by atoms with van der Waals surface area (Å²) in [7, 11) is 0. The van der Waals surface area contributed by atoms with Gasteiger partial charge in [-0.15, -0.1) is 0 Å². The van der Waals surface area contributed by atoms with Crippen LogP contribution in [0.1, 0.15) is 17.3 Å². The third kappa shape index (κ3) is 2.06. The Morgan fingerprint density at radius 1 is 1.06 bits per heavy atom. The van der Waals surface area contributed by atoms with Crippen molar-refractivity contribution >= 4 is 5.91 Å². The van der Waals surface area contributed by atoms with Crippen LogP contribution in [-0.4, -0.2) is 15.9 Å². The van der Waals surface area contributed by atoms with Crippen LogP contribution >= 0.6 is 0 Å². The van der Waals surface area contributed by atoms with Crippen LogP contribution in [-0.2, 0) is 4.79 Å². The number of rotatable bonds is 3. The van der Waals surface area contributed by atoms with E-state index < -0.39 is 11.8 Å². The molecule has 1 heterocycles. The number of nitrogens with zero attached hydrogens (tertiary/aromatic N) is 2. The summed E-state index contributed by atoms with van der Waals surface area (Å²) in [5, 5.41) is 0. The van der Waals surface area contributed by atoms with Crippen molar-refractivity contribution in [2.45, 2.75) is 5.92 Å². The molecule has 2 N–H and O–H groups in total. The summed E-state index contributed by atoms with van der Waals surface area (Å²) >= 11 is 0. The number of amides is 1. The maximum atomic E-state index is 11.4. The van der Waals surface area contributed by atoms with E-state index in [-0.39, 0.29) is 0 Å². The third-order valence-electron chi connectivity index (χ3n) is 2.26. The minimum absolute atomic E-state index is 0.432. The maximum Gasteiger partial charge on any atom is 0.232 e. The molecule has 0 aliphatic carbocycles. The van der Waals surface area contributed by atoms with Gasteiger partial charge in [0.1, 0.15) is 11.7 Å². The van der Waals surface area contributed by atoms with E-state index in [0.29, 0.717) is 5.82 Å². The molecule has 0 saturated carbocycles. The molecule has 0 aliphatic rings. The number of hydrogen-bond acceptors (Lipinski definition) is 3. The fourth-order valence-corrected chi connectivity index (χ4v) is 1.55. The van der Waals surface area contributed by atoms with Gasteiger partial charge < -0.3 is 5.73 Å².